The van der Waals surface area contributed by atoms with Crippen LogP contribution in [0.5, 0.6) is 0 Å². The van der Waals surface area contributed by atoms with Gasteiger partial charge in [0.2, 0.25) is 5.91 Å². The van der Waals surface area contributed by atoms with Gasteiger partial charge in [-0.2, -0.15) is 0 Å². The molecule has 0 aliphatic rings. The number of aromatic nitrogens is 2. The highest BCUT2D eigenvalue weighted by atomic mass is 16.1. The monoisotopic (exact) mass is 289 g/mol. The summed E-state index contributed by atoms with van der Waals surface area (Å²) in [4.78, 5) is 18.6. The molecule has 2 heterocycles. The zero-order chi connectivity index (χ0) is 14.9. The first-order valence-corrected chi connectivity index (χ1v) is 7.21. The van der Waals surface area contributed by atoms with Crippen LogP contribution in [-0.4, -0.2) is 15.9 Å². The van der Waals surface area contributed by atoms with Crippen LogP contribution in [0, 0.1) is 0 Å². The summed E-state index contributed by atoms with van der Waals surface area (Å²) in [5.41, 5.74) is 3.95. The molecule has 0 aliphatic carbocycles. The predicted octanol–water partition coefficient (Wildman–Crippen LogP) is 3.83. The van der Waals surface area contributed by atoms with Gasteiger partial charge < -0.3 is 15.3 Å². The van der Waals surface area contributed by atoms with Gasteiger partial charge in [0.1, 0.15) is 0 Å². The Balaban J connectivity index is 1.55. The smallest absolute Gasteiger partial charge is 0.228 e. The van der Waals surface area contributed by atoms with E-state index in [4.69, 9.17) is 0 Å². The lowest BCUT2D eigenvalue weighted by Crippen LogP contribution is -2.14. The number of carbonyl (C=O) groups is 1. The molecule has 4 rings (SSSR count). The maximum Gasteiger partial charge on any atom is 0.228 e. The average Bonchev–Trinajstić information content (AvgIpc) is 3.15. The van der Waals surface area contributed by atoms with Gasteiger partial charge in [-0.15, -0.1) is 0 Å². The number of nitrogens with one attached hydrogen (secondary N) is 3. The van der Waals surface area contributed by atoms with E-state index in [1.165, 1.54) is 0 Å². The molecule has 0 radical (unpaired) electrons. The fourth-order valence-corrected chi connectivity index (χ4v) is 2.79. The normalized spacial score (nSPS) is 11.1. The number of hydrogen-bond donors (Lipinski definition) is 3. The molecule has 0 unspecified atom stereocenters. The van der Waals surface area contributed by atoms with Gasteiger partial charge in [0, 0.05) is 28.8 Å². The Hall–Kier alpha value is -3.01. The van der Waals surface area contributed by atoms with Crippen molar-refractivity contribution in [2.24, 2.45) is 0 Å². The summed E-state index contributed by atoms with van der Waals surface area (Å²) in [5, 5.41) is 5.14. The molecule has 4 aromatic rings. The number of anilines is 1. The standard InChI is InChI=1S/C18H15N3O/c22-18(11-12-4-5-15-13(10-12)6-8-19-15)21-17-3-1-2-16-14(17)7-9-20-16/h1-10,19-20H,11H2,(H,21,22). The first-order chi connectivity index (χ1) is 10.8. The van der Waals surface area contributed by atoms with E-state index >= 15 is 0 Å². The van der Waals surface area contributed by atoms with Gasteiger partial charge in [-0.3, -0.25) is 4.79 Å². The maximum absolute atomic E-state index is 12.3. The van der Waals surface area contributed by atoms with E-state index < -0.39 is 0 Å². The Labute approximate surface area is 127 Å². The molecule has 1 amide bonds. The van der Waals surface area contributed by atoms with Crippen molar-refractivity contribution in [2.75, 3.05) is 5.32 Å². The third-order valence-electron chi connectivity index (χ3n) is 3.85. The Kier molecular flexibility index (Phi) is 2.93. The molecule has 2 aromatic carbocycles. The van der Waals surface area contributed by atoms with E-state index in [2.05, 4.69) is 15.3 Å². The van der Waals surface area contributed by atoms with E-state index in [9.17, 15) is 4.79 Å². The minimum Gasteiger partial charge on any atom is -0.361 e. The van der Waals surface area contributed by atoms with Crippen LogP contribution in [0.25, 0.3) is 21.8 Å². The second-order valence-electron chi connectivity index (χ2n) is 5.37. The first-order valence-electron chi connectivity index (χ1n) is 7.21. The van der Waals surface area contributed by atoms with Crippen molar-refractivity contribution < 1.29 is 4.79 Å². The molecule has 4 nitrogen and oxygen atoms in total. The molecule has 0 fully saturated rings. The molecule has 3 N–H and O–H groups in total. The number of benzene rings is 2. The quantitative estimate of drug-likeness (QED) is 0.527. The van der Waals surface area contributed by atoms with E-state index in [1.807, 2.05) is 60.9 Å². The topological polar surface area (TPSA) is 60.7 Å². The molecule has 2 aromatic heterocycles. The van der Waals surface area contributed by atoms with E-state index in [0.29, 0.717) is 6.42 Å². The van der Waals surface area contributed by atoms with Gasteiger partial charge in [0.05, 0.1) is 12.1 Å². The molecular weight excluding hydrogens is 274 g/mol. The van der Waals surface area contributed by atoms with E-state index in [-0.39, 0.29) is 5.91 Å². The minimum atomic E-state index is -0.0106. The largest absolute Gasteiger partial charge is 0.361 e. The summed E-state index contributed by atoms with van der Waals surface area (Å²) < 4.78 is 0. The van der Waals surface area contributed by atoms with Crippen molar-refractivity contribution in [2.45, 2.75) is 6.42 Å². The third kappa shape index (κ3) is 2.24. The lowest BCUT2D eigenvalue weighted by Gasteiger charge is -2.07. The molecule has 0 saturated heterocycles. The number of hydrogen-bond acceptors (Lipinski definition) is 1. The van der Waals surface area contributed by atoms with Crippen LogP contribution in [0.4, 0.5) is 5.69 Å². The van der Waals surface area contributed by atoms with Crippen LogP contribution in [-0.2, 0) is 11.2 Å². The third-order valence-corrected chi connectivity index (χ3v) is 3.85. The van der Waals surface area contributed by atoms with Gasteiger partial charge in [-0.25, -0.2) is 0 Å². The second-order valence-corrected chi connectivity index (χ2v) is 5.37. The highest BCUT2D eigenvalue weighted by Gasteiger charge is 2.08. The highest BCUT2D eigenvalue weighted by Crippen LogP contribution is 2.22. The van der Waals surface area contributed by atoms with Crippen molar-refractivity contribution in [3.05, 3.63) is 66.5 Å². The number of carbonyl (C=O) groups excluding carboxylic acids is 1. The van der Waals surface area contributed by atoms with Crippen molar-refractivity contribution in [3.63, 3.8) is 0 Å². The van der Waals surface area contributed by atoms with Gasteiger partial charge in [-0.1, -0.05) is 12.1 Å². The molecule has 0 spiro atoms. The highest BCUT2D eigenvalue weighted by molar-refractivity contribution is 6.02. The van der Waals surface area contributed by atoms with E-state index in [0.717, 1.165) is 33.1 Å². The molecule has 0 saturated carbocycles. The van der Waals surface area contributed by atoms with Crippen LogP contribution in [0.1, 0.15) is 5.56 Å². The van der Waals surface area contributed by atoms with Crippen LogP contribution in [0.15, 0.2) is 60.9 Å². The van der Waals surface area contributed by atoms with Gasteiger partial charge in [0.15, 0.2) is 0 Å². The van der Waals surface area contributed by atoms with Crippen molar-refractivity contribution in [1.82, 2.24) is 9.97 Å². The lowest BCUT2D eigenvalue weighted by atomic mass is 10.1. The predicted molar refractivity (Wildman–Crippen MR) is 88.9 cm³/mol. The summed E-state index contributed by atoms with van der Waals surface area (Å²) in [5.74, 6) is -0.0106. The second kappa shape index (κ2) is 5.07. The van der Waals surface area contributed by atoms with Crippen LogP contribution in [0.2, 0.25) is 0 Å². The fourth-order valence-electron chi connectivity index (χ4n) is 2.79. The summed E-state index contributed by atoms with van der Waals surface area (Å²) in [6.45, 7) is 0. The molecule has 0 aliphatic heterocycles. The Bertz CT molecular complexity index is 964. The van der Waals surface area contributed by atoms with Gasteiger partial charge in [-0.05, 0) is 47.3 Å². The molecule has 0 bridgehead atoms. The van der Waals surface area contributed by atoms with Crippen LogP contribution < -0.4 is 5.32 Å². The van der Waals surface area contributed by atoms with Crippen LogP contribution >= 0.6 is 0 Å². The molecule has 22 heavy (non-hydrogen) atoms. The zero-order valence-electron chi connectivity index (χ0n) is 11.9. The Morgan fingerprint density at radius 2 is 1.82 bits per heavy atom. The molecule has 0 atom stereocenters. The van der Waals surface area contributed by atoms with E-state index in [1.54, 1.807) is 0 Å². The maximum atomic E-state index is 12.3. The zero-order valence-corrected chi connectivity index (χ0v) is 11.9. The van der Waals surface area contributed by atoms with Gasteiger partial charge >= 0.3 is 0 Å². The van der Waals surface area contributed by atoms with Gasteiger partial charge in [0.25, 0.3) is 0 Å². The van der Waals surface area contributed by atoms with Crippen molar-refractivity contribution in [1.29, 1.82) is 0 Å². The molecule has 4 heteroatoms. The van der Waals surface area contributed by atoms with Crippen molar-refractivity contribution >= 4 is 33.4 Å². The lowest BCUT2D eigenvalue weighted by molar-refractivity contribution is -0.115. The first kappa shape index (κ1) is 12.7. The summed E-state index contributed by atoms with van der Waals surface area (Å²) in [6.07, 6.45) is 4.14. The number of aromatic amines is 2. The number of fused-ring (bicyclic) bond motifs is 2. The summed E-state index contributed by atoms with van der Waals surface area (Å²) in [7, 11) is 0. The minimum absolute atomic E-state index is 0.0106. The number of H-pyrrole nitrogens is 2. The number of amides is 1. The SMILES string of the molecule is O=C(Cc1ccc2[nH]ccc2c1)Nc1cccc2[nH]ccc12. The molecular formula is C18H15N3O. The average molecular weight is 289 g/mol. The fraction of sp³-hybridized carbons (Fsp3) is 0.0556. The van der Waals surface area contributed by atoms with Crippen LogP contribution in [0.3, 0.4) is 0 Å². The molecule has 108 valence electrons. The Morgan fingerprint density at radius 1 is 0.955 bits per heavy atom. The summed E-state index contributed by atoms with van der Waals surface area (Å²) in [6, 6.07) is 15.9. The summed E-state index contributed by atoms with van der Waals surface area (Å²) >= 11 is 0. The number of rotatable bonds is 3. The van der Waals surface area contributed by atoms with Crippen molar-refractivity contribution in [3.8, 4) is 0 Å². The Morgan fingerprint density at radius 3 is 2.77 bits per heavy atom.